The molecule has 0 spiro atoms. The number of carbonyl (C=O) groups is 2. The molecule has 2 N–H and O–H groups in total. The van der Waals surface area contributed by atoms with Gasteiger partial charge in [0.2, 0.25) is 10.0 Å². The highest BCUT2D eigenvalue weighted by atomic mass is 32.2. The van der Waals surface area contributed by atoms with Gasteiger partial charge in [0.15, 0.2) is 0 Å². The maximum absolute atomic E-state index is 12.4. The van der Waals surface area contributed by atoms with Crippen molar-refractivity contribution in [1.82, 2.24) is 4.90 Å². The normalized spacial score (nSPS) is 16.2. The van der Waals surface area contributed by atoms with Crippen LogP contribution in [0.1, 0.15) is 12.2 Å². The highest BCUT2D eigenvalue weighted by molar-refractivity contribution is 8.26. The molecule has 0 saturated carbocycles. The van der Waals surface area contributed by atoms with Crippen molar-refractivity contribution in [3.8, 4) is 11.3 Å². The molecule has 3 rings (SSSR count). The highest BCUT2D eigenvalue weighted by Gasteiger charge is 2.31. The summed E-state index contributed by atoms with van der Waals surface area (Å²) in [7, 11) is -3.78. The zero-order chi connectivity index (χ0) is 20.5. The lowest BCUT2D eigenvalue weighted by molar-refractivity contribution is -0.305. The van der Waals surface area contributed by atoms with Gasteiger partial charge < -0.3 is 14.3 Å². The number of benzene rings is 1. The molecule has 1 fully saturated rings. The zero-order valence-corrected chi connectivity index (χ0v) is 16.6. The summed E-state index contributed by atoms with van der Waals surface area (Å²) >= 11 is 6.16. The van der Waals surface area contributed by atoms with Gasteiger partial charge in [0.1, 0.15) is 15.8 Å². The van der Waals surface area contributed by atoms with Crippen molar-refractivity contribution in [3.63, 3.8) is 0 Å². The summed E-state index contributed by atoms with van der Waals surface area (Å²) in [4.78, 5) is 24.5. The first-order valence-electron chi connectivity index (χ1n) is 7.83. The number of nitrogens with two attached hydrogens (primary N) is 1. The van der Waals surface area contributed by atoms with Gasteiger partial charge in [-0.05, 0) is 36.4 Å². The average Bonchev–Trinajstić information content (AvgIpc) is 3.18. The van der Waals surface area contributed by atoms with Crippen LogP contribution in [0.3, 0.4) is 0 Å². The van der Waals surface area contributed by atoms with Crippen LogP contribution in [0.4, 0.5) is 0 Å². The number of sulfonamides is 1. The van der Waals surface area contributed by atoms with Crippen molar-refractivity contribution >= 4 is 56.3 Å². The molecule has 1 aromatic carbocycles. The molecule has 0 radical (unpaired) electrons. The second-order valence-corrected chi connectivity index (χ2v) is 8.96. The van der Waals surface area contributed by atoms with E-state index in [4.69, 9.17) is 21.8 Å². The summed E-state index contributed by atoms with van der Waals surface area (Å²) in [6.45, 7) is -0.0514. The molecule has 28 heavy (non-hydrogen) atoms. The fourth-order valence-corrected chi connectivity index (χ4v) is 4.22. The molecular formula is C17H13N2O6S3-. The molecule has 0 aliphatic carbocycles. The molecule has 8 nitrogen and oxygen atoms in total. The van der Waals surface area contributed by atoms with E-state index in [0.717, 1.165) is 11.8 Å². The lowest BCUT2D eigenvalue weighted by atomic mass is 10.2. The number of thiocarbonyl (C=S) groups is 1. The largest absolute Gasteiger partial charge is 0.550 e. The minimum atomic E-state index is -3.78. The monoisotopic (exact) mass is 437 g/mol. The van der Waals surface area contributed by atoms with Crippen LogP contribution in [0.15, 0.2) is 50.6 Å². The SMILES string of the molecule is NS(=O)(=O)c1ccc(-c2ccc(C=C3SC(=S)N(CCC(=O)[O-])C3=O)o2)cc1. The van der Waals surface area contributed by atoms with E-state index < -0.39 is 21.9 Å². The summed E-state index contributed by atoms with van der Waals surface area (Å²) in [5.74, 6) is -0.792. The first kappa shape index (κ1) is 20.3. The molecule has 0 atom stereocenters. The number of primary sulfonamides is 1. The Morgan fingerprint density at radius 2 is 1.93 bits per heavy atom. The van der Waals surface area contributed by atoms with Crippen LogP contribution in [0.2, 0.25) is 0 Å². The van der Waals surface area contributed by atoms with E-state index in [9.17, 15) is 23.1 Å². The molecule has 0 bridgehead atoms. The average molecular weight is 438 g/mol. The molecule has 2 heterocycles. The van der Waals surface area contributed by atoms with Crippen LogP contribution in [0.25, 0.3) is 17.4 Å². The molecular weight excluding hydrogens is 424 g/mol. The topological polar surface area (TPSA) is 134 Å². The standard InChI is InChI=1S/C17H14N2O6S3/c18-28(23,24)12-4-1-10(2-5-12)13-6-3-11(25-13)9-14-16(22)19(17(26)27-14)8-7-15(20)21/h1-6,9H,7-8H2,(H,20,21)(H2,18,23,24)/p-1. The van der Waals surface area contributed by atoms with E-state index in [1.165, 1.54) is 23.1 Å². The van der Waals surface area contributed by atoms with Crippen molar-refractivity contribution < 1.29 is 27.5 Å². The van der Waals surface area contributed by atoms with Gasteiger partial charge in [-0.1, -0.05) is 24.0 Å². The number of furan rings is 1. The lowest BCUT2D eigenvalue weighted by Gasteiger charge is -2.14. The van der Waals surface area contributed by atoms with Crippen LogP contribution in [-0.2, 0) is 19.6 Å². The van der Waals surface area contributed by atoms with Crippen LogP contribution >= 0.6 is 24.0 Å². The maximum atomic E-state index is 12.4. The first-order chi connectivity index (χ1) is 13.1. The Bertz CT molecular complexity index is 1090. The lowest BCUT2D eigenvalue weighted by Crippen LogP contribution is -2.33. The van der Waals surface area contributed by atoms with Crippen LogP contribution in [-0.4, -0.2) is 36.1 Å². The molecule has 1 saturated heterocycles. The molecule has 1 aromatic heterocycles. The van der Waals surface area contributed by atoms with Crippen LogP contribution in [0.5, 0.6) is 0 Å². The Morgan fingerprint density at radius 1 is 1.25 bits per heavy atom. The quantitative estimate of drug-likeness (QED) is 0.521. The summed E-state index contributed by atoms with van der Waals surface area (Å²) in [6, 6.07) is 9.18. The van der Waals surface area contributed by atoms with Gasteiger partial charge >= 0.3 is 0 Å². The number of aliphatic carboxylic acids is 1. The van der Waals surface area contributed by atoms with Gasteiger partial charge in [0, 0.05) is 30.6 Å². The van der Waals surface area contributed by atoms with E-state index in [1.807, 2.05) is 0 Å². The third kappa shape index (κ3) is 4.50. The van der Waals surface area contributed by atoms with Gasteiger partial charge in [-0.2, -0.15) is 0 Å². The number of hydrogen-bond acceptors (Lipinski definition) is 8. The third-order valence-corrected chi connectivity index (χ3v) is 6.09. The van der Waals surface area contributed by atoms with Crippen LogP contribution < -0.4 is 10.2 Å². The summed E-state index contributed by atoms with van der Waals surface area (Å²) in [5, 5.41) is 15.7. The number of rotatable bonds is 6. The van der Waals surface area contributed by atoms with E-state index in [-0.39, 0.29) is 22.2 Å². The Labute approximate surface area is 170 Å². The fraction of sp³-hybridized carbons (Fsp3) is 0.118. The number of carboxylic acids is 1. The molecule has 146 valence electrons. The molecule has 2 aromatic rings. The number of nitrogens with zero attached hydrogens (tertiary/aromatic N) is 1. The maximum Gasteiger partial charge on any atom is 0.266 e. The first-order valence-corrected chi connectivity index (χ1v) is 10.6. The van der Waals surface area contributed by atoms with Crippen molar-refractivity contribution in [2.45, 2.75) is 11.3 Å². The predicted molar refractivity (Wildman–Crippen MR) is 105 cm³/mol. The molecule has 1 aliphatic heterocycles. The number of carbonyl (C=O) groups excluding carboxylic acids is 2. The van der Waals surface area contributed by atoms with Crippen molar-refractivity contribution in [3.05, 3.63) is 47.1 Å². The van der Waals surface area contributed by atoms with Crippen LogP contribution in [0, 0.1) is 0 Å². The Hall–Kier alpha value is -2.47. The van der Waals surface area contributed by atoms with Crippen molar-refractivity contribution in [2.75, 3.05) is 6.54 Å². The van der Waals surface area contributed by atoms with Gasteiger partial charge in [-0.25, -0.2) is 13.6 Å². The Balaban J connectivity index is 1.78. The highest BCUT2D eigenvalue weighted by Crippen LogP contribution is 2.33. The smallest absolute Gasteiger partial charge is 0.266 e. The molecule has 1 amide bonds. The van der Waals surface area contributed by atoms with Gasteiger partial charge in [0.05, 0.1) is 9.80 Å². The summed E-state index contributed by atoms with van der Waals surface area (Å²) in [5.41, 5.74) is 0.633. The number of amides is 1. The number of thioether (sulfide) groups is 1. The third-order valence-electron chi connectivity index (χ3n) is 3.78. The second-order valence-electron chi connectivity index (χ2n) is 5.73. The Kier molecular flexibility index (Phi) is 5.70. The number of carboxylic acid groups (broad SMARTS) is 1. The van der Waals surface area contributed by atoms with Gasteiger partial charge in [-0.3, -0.25) is 9.69 Å². The van der Waals surface area contributed by atoms with Crippen molar-refractivity contribution in [2.24, 2.45) is 5.14 Å². The minimum Gasteiger partial charge on any atom is -0.550 e. The summed E-state index contributed by atoms with van der Waals surface area (Å²) in [6.07, 6.45) is 1.21. The molecule has 1 aliphatic rings. The van der Waals surface area contributed by atoms with Gasteiger partial charge in [0.25, 0.3) is 5.91 Å². The Morgan fingerprint density at radius 3 is 2.54 bits per heavy atom. The van der Waals surface area contributed by atoms with E-state index in [0.29, 0.717) is 22.0 Å². The zero-order valence-electron chi connectivity index (χ0n) is 14.2. The summed E-state index contributed by atoms with van der Waals surface area (Å²) < 4.78 is 28.6. The van der Waals surface area contributed by atoms with E-state index in [1.54, 1.807) is 24.3 Å². The van der Waals surface area contributed by atoms with Gasteiger partial charge in [-0.15, -0.1) is 0 Å². The molecule has 0 unspecified atom stereocenters. The molecule has 11 heteroatoms. The van der Waals surface area contributed by atoms with E-state index >= 15 is 0 Å². The second kappa shape index (κ2) is 7.87. The van der Waals surface area contributed by atoms with Crippen molar-refractivity contribution in [1.29, 1.82) is 0 Å². The predicted octanol–water partition coefficient (Wildman–Crippen LogP) is 0.935. The number of hydrogen-bond donors (Lipinski definition) is 1. The van der Waals surface area contributed by atoms with E-state index in [2.05, 4.69) is 0 Å². The minimum absolute atomic E-state index is 0.0109. The fourth-order valence-electron chi connectivity index (χ4n) is 2.42.